The van der Waals surface area contributed by atoms with Crippen LogP contribution in [0.3, 0.4) is 0 Å². The molecule has 0 aliphatic carbocycles. The van der Waals surface area contributed by atoms with Gasteiger partial charge in [-0.2, -0.15) is 0 Å². The number of unbranched alkanes of at least 4 members (excludes halogenated alkanes) is 1. The number of carbonyl (C=O) groups excluding carboxylic acids is 1. The number of fused-ring (bicyclic) bond motifs is 1. The zero-order chi connectivity index (χ0) is 20.2. The predicted octanol–water partition coefficient (Wildman–Crippen LogP) is 5.94. The molecule has 0 unspecified atom stereocenters. The van der Waals surface area contributed by atoms with Crippen molar-refractivity contribution in [3.63, 3.8) is 0 Å². The van der Waals surface area contributed by atoms with Crippen LogP contribution < -0.4 is 0 Å². The number of hydrogen-bond acceptors (Lipinski definition) is 4. The molecule has 0 spiro atoms. The minimum atomic E-state index is -0.316. The summed E-state index contributed by atoms with van der Waals surface area (Å²) in [5.41, 5.74) is 4.71. The zero-order valence-electron chi connectivity index (χ0n) is 16.7. The van der Waals surface area contributed by atoms with Crippen LogP contribution in [0.2, 0.25) is 0 Å². The summed E-state index contributed by atoms with van der Waals surface area (Å²) >= 11 is 1.67. The summed E-state index contributed by atoms with van der Waals surface area (Å²) in [5.74, 6) is 0.795. The van der Waals surface area contributed by atoms with Gasteiger partial charge in [-0.1, -0.05) is 55.8 Å². The van der Waals surface area contributed by atoms with E-state index in [4.69, 9.17) is 9.72 Å². The number of methoxy groups -OCH3 is 1. The molecule has 0 saturated heterocycles. The molecule has 0 radical (unpaired) electrons. The van der Waals surface area contributed by atoms with Crippen molar-refractivity contribution < 1.29 is 9.53 Å². The zero-order valence-corrected chi connectivity index (χ0v) is 17.5. The summed E-state index contributed by atoms with van der Waals surface area (Å²) in [7, 11) is 1.43. The fourth-order valence-corrected chi connectivity index (χ4v) is 4.41. The second kappa shape index (κ2) is 8.62. The van der Waals surface area contributed by atoms with E-state index in [1.54, 1.807) is 11.3 Å². The molecule has 29 heavy (non-hydrogen) atoms. The van der Waals surface area contributed by atoms with Crippen molar-refractivity contribution in [1.29, 1.82) is 0 Å². The van der Waals surface area contributed by atoms with Crippen molar-refractivity contribution in [3.05, 3.63) is 76.9 Å². The second-order valence-corrected chi connectivity index (χ2v) is 7.96. The Morgan fingerprint density at radius 3 is 2.72 bits per heavy atom. The van der Waals surface area contributed by atoms with E-state index in [0.29, 0.717) is 12.1 Å². The van der Waals surface area contributed by atoms with Crippen LogP contribution in [0.5, 0.6) is 0 Å². The van der Waals surface area contributed by atoms with Crippen LogP contribution in [0.1, 0.15) is 41.5 Å². The third-order valence-electron chi connectivity index (χ3n) is 5.13. The first-order valence-corrected chi connectivity index (χ1v) is 10.8. The Morgan fingerprint density at radius 2 is 1.97 bits per heavy atom. The van der Waals surface area contributed by atoms with Crippen molar-refractivity contribution in [1.82, 2.24) is 9.55 Å². The average Bonchev–Trinajstić information content (AvgIpc) is 3.34. The van der Waals surface area contributed by atoms with Crippen molar-refractivity contribution in [2.24, 2.45) is 0 Å². The van der Waals surface area contributed by atoms with Gasteiger partial charge in [0.25, 0.3) is 0 Å². The number of ether oxygens (including phenoxy) is 1. The van der Waals surface area contributed by atoms with Crippen molar-refractivity contribution in [3.8, 4) is 11.1 Å². The van der Waals surface area contributed by atoms with E-state index in [0.717, 1.165) is 52.1 Å². The minimum absolute atomic E-state index is 0.316. The van der Waals surface area contributed by atoms with Crippen LogP contribution >= 0.6 is 11.3 Å². The highest BCUT2D eigenvalue weighted by Gasteiger charge is 2.16. The molecule has 0 N–H and O–H groups in total. The summed E-state index contributed by atoms with van der Waals surface area (Å²) in [6.07, 6.45) is 3.22. The number of nitrogens with zero attached hydrogens (tertiary/aromatic N) is 2. The number of aromatic nitrogens is 2. The van der Waals surface area contributed by atoms with E-state index in [9.17, 15) is 4.79 Å². The lowest BCUT2D eigenvalue weighted by Gasteiger charge is -2.13. The van der Waals surface area contributed by atoms with Crippen LogP contribution in [0.25, 0.3) is 21.5 Å². The Morgan fingerprint density at radius 1 is 1.14 bits per heavy atom. The van der Waals surface area contributed by atoms with Gasteiger partial charge in [0, 0.05) is 13.0 Å². The second-order valence-electron chi connectivity index (χ2n) is 7.07. The van der Waals surface area contributed by atoms with Crippen LogP contribution in [0.15, 0.2) is 60.0 Å². The van der Waals surface area contributed by atoms with Gasteiger partial charge in [0.2, 0.25) is 0 Å². The molecule has 2 aromatic carbocycles. The van der Waals surface area contributed by atoms with Gasteiger partial charge in [-0.15, -0.1) is 11.3 Å². The van der Waals surface area contributed by atoms with Crippen LogP contribution in [-0.2, 0) is 17.7 Å². The molecule has 0 aliphatic rings. The number of rotatable bonds is 7. The molecule has 0 atom stereocenters. The summed E-state index contributed by atoms with van der Waals surface area (Å²) < 4.78 is 7.34. The third-order valence-corrected chi connectivity index (χ3v) is 5.92. The van der Waals surface area contributed by atoms with Gasteiger partial charge in [-0.05, 0) is 40.6 Å². The van der Waals surface area contributed by atoms with Gasteiger partial charge >= 0.3 is 5.97 Å². The van der Waals surface area contributed by atoms with E-state index < -0.39 is 0 Å². The molecule has 2 aromatic heterocycles. The van der Waals surface area contributed by atoms with Crippen LogP contribution in [-0.4, -0.2) is 22.6 Å². The summed E-state index contributed by atoms with van der Waals surface area (Å²) in [6, 6.07) is 18.1. The maximum atomic E-state index is 12.5. The highest BCUT2D eigenvalue weighted by molar-refractivity contribution is 7.16. The van der Waals surface area contributed by atoms with E-state index in [2.05, 4.69) is 29.0 Å². The molecule has 0 bridgehead atoms. The predicted molar refractivity (Wildman–Crippen MR) is 119 cm³/mol. The van der Waals surface area contributed by atoms with Crippen molar-refractivity contribution in [2.45, 2.75) is 32.7 Å². The normalized spacial score (nSPS) is 11.1. The quantitative estimate of drug-likeness (QED) is 0.358. The minimum Gasteiger partial charge on any atom is -0.465 e. The van der Waals surface area contributed by atoms with E-state index >= 15 is 0 Å². The largest absolute Gasteiger partial charge is 0.465 e. The molecule has 0 amide bonds. The standard InChI is InChI=1S/C24H24N2O2S/c1-3-4-10-22-25-23-21(13-14-29-23)26(22)16-17-11-12-19(18-8-6-5-7-9-18)20(15-17)24(27)28-2/h5-9,11-15H,3-4,10,16H2,1-2H3. The molecular formula is C24H24N2O2S. The lowest BCUT2D eigenvalue weighted by molar-refractivity contribution is 0.0601. The van der Waals surface area contributed by atoms with E-state index in [1.807, 2.05) is 42.5 Å². The molecule has 0 fully saturated rings. The van der Waals surface area contributed by atoms with Gasteiger partial charge in [0.05, 0.1) is 18.2 Å². The van der Waals surface area contributed by atoms with Gasteiger partial charge in [-0.3, -0.25) is 0 Å². The Bertz CT molecular complexity index is 1130. The highest BCUT2D eigenvalue weighted by Crippen LogP contribution is 2.28. The van der Waals surface area contributed by atoms with Crippen LogP contribution in [0.4, 0.5) is 0 Å². The molecule has 4 aromatic rings. The molecule has 4 nitrogen and oxygen atoms in total. The summed E-state index contributed by atoms with van der Waals surface area (Å²) in [4.78, 5) is 18.4. The van der Waals surface area contributed by atoms with Gasteiger partial charge in [0.15, 0.2) is 0 Å². The first-order chi connectivity index (χ1) is 14.2. The smallest absolute Gasteiger partial charge is 0.338 e. The molecule has 2 heterocycles. The Kier molecular flexibility index (Phi) is 5.76. The SMILES string of the molecule is CCCCc1nc2sccc2n1Cc1ccc(-c2ccccc2)c(C(=O)OC)c1. The number of carbonyl (C=O) groups is 1. The Balaban J connectivity index is 1.74. The molecular weight excluding hydrogens is 380 g/mol. The van der Waals surface area contributed by atoms with E-state index in [-0.39, 0.29) is 5.97 Å². The monoisotopic (exact) mass is 404 g/mol. The Hall–Kier alpha value is -2.92. The van der Waals surface area contributed by atoms with Gasteiger partial charge in [0.1, 0.15) is 10.7 Å². The maximum absolute atomic E-state index is 12.5. The van der Waals surface area contributed by atoms with Gasteiger partial charge in [-0.25, -0.2) is 9.78 Å². The molecule has 0 saturated carbocycles. The molecule has 4 rings (SSSR count). The summed E-state index contributed by atoms with van der Waals surface area (Å²) in [6.45, 7) is 2.88. The van der Waals surface area contributed by atoms with Crippen LogP contribution in [0, 0.1) is 0 Å². The molecule has 148 valence electrons. The maximum Gasteiger partial charge on any atom is 0.338 e. The molecule has 0 aliphatic heterocycles. The topological polar surface area (TPSA) is 44.1 Å². The number of esters is 1. The number of aryl methyl sites for hydroxylation is 1. The fourth-order valence-electron chi connectivity index (χ4n) is 3.62. The third kappa shape index (κ3) is 3.96. The lowest BCUT2D eigenvalue weighted by atomic mass is 9.97. The lowest BCUT2D eigenvalue weighted by Crippen LogP contribution is -2.08. The van der Waals surface area contributed by atoms with E-state index in [1.165, 1.54) is 7.11 Å². The Labute approximate surface area is 174 Å². The molecule has 5 heteroatoms. The number of imidazole rings is 1. The van der Waals surface area contributed by atoms with Gasteiger partial charge < -0.3 is 9.30 Å². The average molecular weight is 405 g/mol. The fraction of sp³-hybridized carbons (Fsp3) is 0.250. The van der Waals surface area contributed by atoms with Crippen molar-refractivity contribution >= 4 is 27.7 Å². The number of hydrogen-bond donors (Lipinski definition) is 0. The number of benzene rings is 2. The summed E-state index contributed by atoms with van der Waals surface area (Å²) in [5, 5.41) is 2.08. The van der Waals surface area contributed by atoms with Crippen molar-refractivity contribution in [2.75, 3.05) is 7.11 Å². The highest BCUT2D eigenvalue weighted by atomic mass is 32.1. The first kappa shape index (κ1) is 19.4. The first-order valence-electron chi connectivity index (χ1n) is 9.90. The number of thiophene rings is 1.